The number of halogens is 1. The zero-order valence-electron chi connectivity index (χ0n) is 10.5. The lowest BCUT2D eigenvalue weighted by molar-refractivity contribution is -0.00567. The summed E-state index contributed by atoms with van der Waals surface area (Å²) in [6.07, 6.45) is -0.599. The summed E-state index contributed by atoms with van der Waals surface area (Å²) in [4.78, 5) is 13.2. The van der Waals surface area contributed by atoms with E-state index in [1.54, 1.807) is 4.90 Å². The van der Waals surface area contributed by atoms with Crippen LogP contribution < -0.4 is 0 Å². The molecule has 96 valence electrons. The van der Waals surface area contributed by atoms with Gasteiger partial charge in [-0.3, -0.25) is 0 Å². The van der Waals surface area contributed by atoms with Crippen LogP contribution in [0, 0.1) is 0 Å². The molecule has 0 aliphatic heterocycles. The molecule has 0 N–H and O–H groups in total. The molecule has 16 heavy (non-hydrogen) atoms. The average molecular weight is 252 g/mol. The van der Waals surface area contributed by atoms with Crippen LogP contribution in [-0.4, -0.2) is 48.8 Å². The van der Waals surface area contributed by atoms with Gasteiger partial charge in [-0.2, -0.15) is 0 Å². The van der Waals surface area contributed by atoms with Crippen molar-refractivity contribution in [3.63, 3.8) is 0 Å². The van der Waals surface area contributed by atoms with Crippen molar-refractivity contribution in [2.24, 2.45) is 0 Å². The van der Waals surface area contributed by atoms with Gasteiger partial charge in [-0.05, 0) is 27.7 Å². The van der Waals surface area contributed by atoms with Gasteiger partial charge in [0.25, 0.3) is 0 Å². The van der Waals surface area contributed by atoms with Crippen LogP contribution in [-0.2, 0) is 9.47 Å². The van der Waals surface area contributed by atoms with E-state index in [4.69, 9.17) is 21.1 Å². The Kier molecular flexibility index (Phi) is 8.39. The lowest BCUT2D eigenvalue weighted by Gasteiger charge is -2.22. The van der Waals surface area contributed by atoms with Gasteiger partial charge < -0.3 is 14.4 Å². The summed E-state index contributed by atoms with van der Waals surface area (Å²) in [7, 11) is 0. The van der Waals surface area contributed by atoms with Crippen molar-refractivity contribution in [3.8, 4) is 0 Å². The fourth-order valence-electron chi connectivity index (χ4n) is 1.11. The SMILES string of the molecule is CCN(CC)C(=O)OC(CCl)COC(C)C. The van der Waals surface area contributed by atoms with E-state index in [0.29, 0.717) is 19.7 Å². The molecular weight excluding hydrogens is 230 g/mol. The highest BCUT2D eigenvalue weighted by molar-refractivity contribution is 6.18. The van der Waals surface area contributed by atoms with Gasteiger partial charge in [0.2, 0.25) is 0 Å². The number of rotatable bonds is 7. The summed E-state index contributed by atoms with van der Waals surface area (Å²) in [6, 6.07) is 0. The van der Waals surface area contributed by atoms with Crippen molar-refractivity contribution in [1.29, 1.82) is 0 Å². The largest absolute Gasteiger partial charge is 0.442 e. The molecule has 4 nitrogen and oxygen atoms in total. The van der Waals surface area contributed by atoms with Crippen LogP contribution in [0.3, 0.4) is 0 Å². The van der Waals surface area contributed by atoms with Gasteiger partial charge in [0.1, 0.15) is 6.10 Å². The monoisotopic (exact) mass is 251 g/mol. The molecular formula is C11H22ClNO3. The minimum absolute atomic E-state index is 0.109. The molecule has 0 rings (SSSR count). The van der Waals surface area contributed by atoms with Crippen molar-refractivity contribution in [2.45, 2.75) is 39.9 Å². The van der Waals surface area contributed by atoms with E-state index >= 15 is 0 Å². The zero-order valence-corrected chi connectivity index (χ0v) is 11.3. The van der Waals surface area contributed by atoms with E-state index < -0.39 is 0 Å². The molecule has 0 heterocycles. The average Bonchev–Trinajstić information content (AvgIpc) is 2.25. The lowest BCUT2D eigenvalue weighted by atomic mass is 10.4. The quantitative estimate of drug-likeness (QED) is 0.653. The van der Waals surface area contributed by atoms with Crippen LogP contribution in [0.4, 0.5) is 4.79 Å². The Hall–Kier alpha value is -0.480. The second kappa shape index (κ2) is 8.65. The fraction of sp³-hybridized carbons (Fsp3) is 0.909. The highest BCUT2D eigenvalue weighted by Gasteiger charge is 2.18. The Morgan fingerprint density at radius 1 is 1.31 bits per heavy atom. The second-order valence-corrected chi connectivity index (χ2v) is 4.02. The number of carbonyl (C=O) groups excluding carboxylic acids is 1. The standard InChI is InChI=1S/C11H22ClNO3/c1-5-13(6-2)11(14)16-10(7-12)8-15-9(3)4/h9-10H,5-8H2,1-4H3. The number of amides is 1. The molecule has 1 atom stereocenters. The summed E-state index contributed by atoms with van der Waals surface area (Å²) < 4.78 is 10.6. The Balaban J connectivity index is 4.05. The van der Waals surface area contributed by atoms with Gasteiger partial charge >= 0.3 is 6.09 Å². The van der Waals surface area contributed by atoms with E-state index in [-0.39, 0.29) is 24.2 Å². The van der Waals surface area contributed by atoms with Crippen molar-refractivity contribution < 1.29 is 14.3 Å². The van der Waals surface area contributed by atoms with Crippen LogP contribution in [0.2, 0.25) is 0 Å². The Morgan fingerprint density at radius 3 is 2.25 bits per heavy atom. The van der Waals surface area contributed by atoms with Crippen molar-refractivity contribution >= 4 is 17.7 Å². The predicted octanol–water partition coefficient (Wildman–Crippen LogP) is 2.50. The number of carbonyl (C=O) groups is 1. The van der Waals surface area contributed by atoms with Gasteiger partial charge in [0.15, 0.2) is 0 Å². The summed E-state index contributed by atoms with van der Waals surface area (Å²) >= 11 is 5.71. The van der Waals surface area contributed by atoms with Gasteiger partial charge in [-0.25, -0.2) is 4.79 Å². The first-order valence-corrected chi connectivity index (χ1v) is 6.21. The second-order valence-electron chi connectivity index (χ2n) is 3.71. The minimum atomic E-state index is -0.378. The summed E-state index contributed by atoms with van der Waals surface area (Å²) in [5.41, 5.74) is 0. The van der Waals surface area contributed by atoms with E-state index in [0.717, 1.165) is 0 Å². The highest BCUT2D eigenvalue weighted by Crippen LogP contribution is 2.03. The molecule has 1 unspecified atom stereocenters. The number of ether oxygens (including phenoxy) is 2. The summed E-state index contributed by atoms with van der Waals surface area (Å²) in [6.45, 7) is 9.28. The minimum Gasteiger partial charge on any atom is -0.442 e. The Labute approximate surface area is 103 Å². The predicted molar refractivity (Wildman–Crippen MR) is 65.0 cm³/mol. The number of alkyl halides is 1. The van der Waals surface area contributed by atoms with E-state index in [1.807, 2.05) is 27.7 Å². The van der Waals surface area contributed by atoms with Crippen molar-refractivity contribution in [2.75, 3.05) is 25.6 Å². The van der Waals surface area contributed by atoms with Crippen LogP contribution >= 0.6 is 11.6 Å². The molecule has 0 aliphatic rings. The summed E-state index contributed by atoms with van der Waals surface area (Å²) in [5.74, 6) is 0.250. The molecule has 0 saturated heterocycles. The third kappa shape index (κ3) is 6.18. The first kappa shape index (κ1) is 15.5. The Bertz CT molecular complexity index is 196. The van der Waals surface area contributed by atoms with Crippen molar-refractivity contribution in [1.82, 2.24) is 4.90 Å². The molecule has 1 amide bonds. The van der Waals surface area contributed by atoms with Crippen LogP contribution in [0.1, 0.15) is 27.7 Å². The molecule has 5 heteroatoms. The first-order valence-electron chi connectivity index (χ1n) is 5.68. The first-order chi connectivity index (χ1) is 7.54. The van der Waals surface area contributed by atoms with E-state index in [9.17, 15) is 4.79 Å². The summed E-state index contributed by atoms with van der Waals surface area (Å²) in [5, 5.41) is 0. The van der Waals surface area contributed by atoms with Crippen LogP contribution in [0.5, 0.6) is 0 Å². The molecule has 0 spiro atoms. The third-order valence-electron chi connectivity index (χ3n) is 2.08. The number of hydrogen-bond acceptors (Lipinski definition) is 3. The van der Waals surface area contributed by atoms with Crippen LogP contribution in [0.25, 0.3) is 0 Å². The van der Waals surface area contributed by atoms with E-state index in [2.05, 4.69) is 0 Å². The molecule has 0 bridgehead atoms. The van der Waals surface area contributed by atoms with Gasteiger partial charge in [0, 0.05) is 13.1 Å². The maximum Gasteiger partial charge on any atom is 0.410 e. The molecule has 0 aliphatic carbocycles. The van der Waals surface area contributed by atoms with Crippen molar-refractivity contribution in [3.05, 3.63) is 0 Å². The Morgan fingerprint density at radius 2 is 1.88 bits per heavy atom. The van der Waals surface area contributed by atoms with Crippen LogP contribution in [0.15, 0.2) is 0 Å². The smallest absolute Gasteiger partial charge is 0.410 e. The molecule has 0 saturated carbocycles. The van der Waals surface area contributed by atoms with E-state index in [1.165, 1.54) is 0 Å². The van der Waals surface area contributed by atoms with Gasteiger partial charge in [-0.15, -0.1) is 11.6 Å². The maximum atomic E-state index is 11.6. The molecule has 0 aromatic carbocycles. The maximum absolute atomic E-state index is 11.6. The van der Waals surface area contributed by atoms with Gasteiger partial charge in [0.05, 0.1) is 18.6 Å². The fourth-order valence-corrected chi connectivity index (χ4v) is 1.26. The zero-order chi connectivity index (χ0) is 12.6. The normalized spacial score (nSPS) is 12.6. The van der Waals surface area contributed by atoms with Gasteiger partial charge in [-0.1, -0.05) is 0 Å². The third-order valence-corrected chi connectivity index (χ3v) is 2.42. The number of hydrogen-bond donors (Lipinski definition) is 0. The molecule has 0 fully saturated rings. The topological polar surface area (TPSA) is 38.8 Å². The molecule has 0 aromatic heterocycles. The number of nitrogens with zero attached hydrogens (tertiary/aromatic N) is 1. The lowest BCUT2D eigenvalue weighted by Crippen LogP contribution is -2.36. The molecule has 0 radical (unpaired) electrons. The molecule has 0 aromatic rings. The highest BCUT2D eigenvalue weighted by atomic mass is 35.5.